The van der Waals surface area contributed by atoms with Crippen molar-refractivity contribution in [2.24, 2.45) is 5.92 Å². The smallest absolute Gasteiger partial charge is 0.220 e. The second kappa shape index (κ2) is 8.91. The standard InChI is InChI=1S/C20H31ClN2O2/c1-15-6-5-11-23(13-15)20(2,3)14-22-19(24)10-8-16-7-9-18(25-4)17(21)12-16/h7,9,12,15H,5-6,8,10-11,13-14H2,1-4H3,(H,22,24). The summed E-state index contributed by atoms with van der Waals surface area (Å²) in [6, 6.07) is 5.67. The highest BCUT2D eigenvalue weighted by atomic mass is 35.5. The number of hydrogen-bond donors (Lipinski definition) is 1. The van der Waals surface area contributed by atoms with Crippen LogP contribution in [0.1, 0.15) is 45.6 Å². The van der Waals surface area contributed by atoms with Gasteiger partial charge in [-0.25, -0.2) is 0 Å². The van der Waals surface area contributed by atoms with E-state index in [1.165, 1.54) is 12.8 Å². The minimum absolute atomic E-state index is 0.00619. The summed E-state index contributed by atoms with van der Waals surface area (Å²) in [5, 5.41) is 3.69. The Morgan fingerprint density at radius 1 is 1.44 bits per heavy atom. The van der Waals surface area contributed by atoms with Crippen LogP contribution >= 0.6 is 11.6 Å². The van der Waals surface area contributed by atoms with Crippen LogP contribution in [0.4, 0.5) is 0 Å². The van der Waals surface area contributed by atoms with Crippen molar-refractivity contribution in [1.29, 1.82) is 0 Å². The molecule has 1 unspecified atom stereocenters. The summed E-state index contributed by atoms with van der Waals surface area (Å²) in [4.78, 5) is 14.7. The SMILES string of the molecule is COc1ccc(CCC(=O)NCC(C)(C)N2CCCC(C)C2)cc1Cl. The van der Waals surface area contributed by atoms with Crippen LogP contribution in [0.5, 0.6) is 5.75 Å². The lowest BCUT2D eigenvalue weighted by atomic mass is 9.93. The molecule has 25 heavy (non-hydrogen) atoms. The molecule has 1 aliphatic heterocycles. The van der Waals surface area contributed by atoms with E-state index in [2.05, 4.69) is 31.0 Å². The van der Waals surface area contributed by atoms with Crippen molar-refractivity contribution in [3.8, 4) is 5.75 Å². The highest BCUT2D eigenvalue weighted by Crippen LogP contribution is 2.25. The molecule has 0 radical (unpaired) electrons. The van der Waals surface area contributed by atoms with Crippen molar-refractivity contribution in [2.75, 3.05) is 26.7 Å². The molecule has 1 aromatic carbocycles. The third-order valence-corrected chi connectivity index (χ3v) is 5.38. The van der Waals surface area contributed by atoms with Gasteiger partial charge in [-0.1, -0.05) is 24.6 Å². The molecule has 140 valence electrons. The summed E-state index contributed by atoms with van der Waals surface area (Å²) >= 11 is 6.13. The monoisotopic (exact) mass is 366 g/mol. The molecular formula is C20H31ClN2O2. The van der Waals surface area contributed by atoms with Gasteiger partial charge in [0.1, 0.15) is 5.75 Å². The Kier molecular flexibility index (Phi) is 7.14. The van der Waals surface area contributed by atoms with E-state index < -0.39 is 0 Å². The third kappa shape index (κ3) is 5.89. The molecule has 2 rings (SSSR count). The number of nitrogens with one attached hydrogen (secondary N) is 1. The van der Waals surface area contributed by atoms with E-state index >= 15 is 0 Å². The summed E-state index contributed by atoms with van der Waals surface area (Å²) in [5.74, 6) is 1.49. The summed E-state index contributed by atoms with van der Waals surface area (Å²) < 4.78 is 5.15. The number of hydrogen-bond acceptors (Lipinski definition) is 3. The average Bonchev–Trinajstić information content (AvgIpc) is 2.58. The molecule has 1 fully saturated rings. The van der Waals surface area contributed by atoms with Crippen molar-refractivity contribution < 1.29 is 9.53 Å². The molecule has 0 spiro atoms. The number of likely N-dealkylation sites (tertiary alicyclic amines) is 1. The average molecular weight is 367 g/mol. The Balaban J connectivity index is 1.79. The first-order chi connectivity index (χ1) is 11.8. The summed E-state index contributed by atoms with van der Waals surface area (Å²) in [5.41, 5.74) is 1.04. The number of rotatable bonds is 7. The van der Waals surface area contributed by atoms with Crippen molar-refractivity contribution >= 4 is 17.5 Å². The molecular weight excluding hydrogens is 336 g/mol. The fraction of sp³-hybridized carbons (Fsp3) is 0.650. The first-order valence-electron chi connectivity index (χ1n) is 9.16. The zero-order valence-electron chi connectivity index (χ0n) is 15.9. The maximum absolute atomic E-state index is 12.2. The van der Waals surface area contributed by atoms with Crippen molar-refractivity contribution in [3.63, 3.8) is 0 Å². The van der Waals surface area contributed by atoms with Crippen molar-refractivity contribution in [1.82, 2.24) is 10.2 Å². The number of ether oxygens (including phenoxy) is 1. The van der Waals surface area contributed by atoms with Crippen LogP contribution < -0.4 is 10.1 Å². The van der Waals surface area contributed by atoms with Gasteiger partial charge in [0.15, 0.2) is 0 Å². The third-order valence-electron chi connectivity index (χ3n) is 5.09. The number of amides is 1. The Morgan fingerprint density at radius 2 is 2.20 bits per heavy atom. The molecule has 1 atom stereocenters. The van der Waals surface area contributed by atoms with Gasteiger partial charge < -0.3 is 10.1 Å². The lowest BCUT2D eigenvalue weighted by Gasteiger charge is -2.43. The van der Waals surface area contributed by atoms with E-state index in [1.54, 1.807) is 7.11 Å². The van der Waals surface area contributed by atoms with Crippen LogP contribution in [-0.4, -0.2) is 43.1 Å². The Hall–Kier alpha value is -1.26. The zero-order valence-corrected chi connectivity index (χ0v) is 16.7. The second-order valence-electron chi connectivity index (χ2n) is 7.75. The number of carbonyl (C=O) groups is 1. The minimum Gasteiger partial charge on any atom is -0.495 e. The lowest BCUT2D eigenvalue weighted by molar-refractivity contribution is -0.121. The Morgan fingerprint density at radius 3 is 2.84 bits per heavy atom. The van der Waals surface area contributed by atoms with Crippen LogP contribution in [0.3, 0.4) is 0 Å². The molecule has 4 nitrogen and oxygen atoms in total. The van der Waals surface area contributed by atoms with Crippen molar-refractivity contribution in [2.45, 2.75) is 52.0 Å². The molecule has 0 aliphatic carbocycles. The van der Waals surface area contributed by atoms with E-state index in [1.807, 2.05) is 18.2 Å². The normalized spacial score (nSPS) is 18.8. The van der Waals surface area contributed by atoms with Gasteiger partial charge in [0.05, 0.1) is 12.1 Å². The second-order valence-corrected chi connectivity index (χ2v) is 8.16. The van der Waals surface area contributed by atoms with Crippen LogP contribution in [-0.2, 0) is 11.2 Å². The van der Waals surface area contributed by atoms with Gasteiger partial charge >= 0.3 is 0 Å². The van der Waals surface area contributed by atoms with E-state index in [0.29, 0.717) is 30.2 Å². The predicted molar refractivity (Wildman–Crippen MR) is 103 cm³/mol. The molecule has 0 saturated carbocycles. The molecule has 1 amide bonds. The van der Waals surface area contributed by atoms with Gasteiger partial charge in [0, 0.05) is 25.0 Å². The topological polar surface area (TPSA) is 41.6 Å². The molecule has 5 heteroatoms. The Labute approximate surface area is 156 Å². The number of nitrogens with zero attached hydrogens (tertiary/aromatic N) is 1. The zero-order chi connectivity index (χ0) is 18.4. The summed E-state index contributed by atoms with van der Waals surface area (Å²) in [7, 11) is 1.60. The van der Waals surface area contributed by atoms with E-state index in [-0.39, 0.29) is 11.4 Å². The molecule has 1 heterocycles. The number of benzene rings is 1. The molecule has 0 bridgehead atoms. The first-order valence-corrected chi connectivity index (χ1v) is 9.54. The maximum Gasteiger partial charge on any atom is 0.220 e. The van der Waals surface area contributed by atoms with Gasteiger partial charge in [-0.3, -0.25) is 9.69 Å². The van der Waals surface area contributed by atoms with Crippen LogP contribution in [0.15, 0.2) is 18.2 Å². The molecule has 1 aromatic rings. The van der Waals surface area contributed by atoms with E-state index in [9.17, 15) is 4.79 Å². The minimum atomic E-state index is -0.00619. The lowest BCUT2D eigenvalue weighted by Crippen LogP contribution is -2.54. The molecule has 1 saturated heterocycles. The predicted octanol–water partition coefficient (Wildman–Crippen LogP) is 3.91. The molecule has 0 aromatic heterocycles. The number of halogens is 1. The van der Waals surface area contributed by atoms with Gasteiger partial charge in [0.25, 0.3) is 0 Å². The highest BCUT2D eigenvalue weighted by Gasteiger charge is 2.30. The first kappa shape index (κ1) is 20.1. The number of carbonyl (C=O) groups excluding carboxylic acids is 1. The van der Waals surface area contributed by atoms with Crippen LogP contribution in [0, 0.1) is 5.92 Å². The van der Waals surface area contributed by atoms with Gasteiger partial charge in [-0.2, -0.15) is 0 Å². The Bertz CT molecular complexity index is 589. The van der Waals surface area contributed by atoms with Crippen molar-refractivity contribution in [3.05, 3.63) is 28.8 Å². The highest BCUT2D eigenvalue weighted by molar-refractivity contribution is 6.32. The summed E-state index contributed by atoms with van der Waals surface area (Å²) in [6.45, 7) is 9.66. The quantitative estimate of drug-likeness (QED) is 0.795. The van der Waals surface area contributed by atoms with Gasteiger partial charge in [0.2, 0.25) is 5.91 Å². The summed E-state index contributed by atoms with van der Waals surface area (Å²) in [6.07, 6.45) is 3.70. The number of methoxy groups -OCH3 is 1. The fourth-order valence-electron chi connectivity index (χ4n) is 3.38. The number of aryl methyl sites for hydroxylation is 1. The van der Waals surface area contributed by atoms with Gasteiger partial charge in [-0.15, -0.1) is 0 Å². The van der Waals surface area contributed by atoms with Gasteiger partial charge in [-0.05, 0) is 63.3 Å². The molecule has 1 aliphatic rings. The van der Waals surface area contributed by atoms with E-state index in [0.717, 1.165) is 24.6 Å². The maximum atomic E-state index is 12.2. The fourth-order valence-corrected chi connectivity index (χ4v) is 3.66. The van der Waals surface area contributed by atoms with Crippen LogP contribution in [0.25, 0.3) is 0 Å². The molecule has 1 N–H and O–H groups in total. The largest absolute Gasteiger partial charge is 0.495 e. The number of piperidine rings is 1. The van der Waals surface area contributed by atoms with Crippen LogP contribution in [0.2, 0.25) is 5.02 Å². The van der Waals surface area contributed by atoms with E-state index in [4.69, 9.17) is 16.3 Å².